The molecule has 0 atom stereocenters. The third-order valence-electron chi connectivity index (χ3n) is 2.44. The summed E-state index contributed by atoms with van der Waals surface area (Å²) < 4.78 is 0. The van der Waals surface area contributed by atoms with E-state index in [4.69, 9.17) is 0 Å². The Morgan fingerprint density at radius 2 is 2.05 bits per heavy atom. The number of nitrogens with zero attached hydrogens (tertiary/aromatic N) is 3. The smallest absolute Gasteiger partial charge is 0.221 e. The van der Waals surface area contributed by atoms with Crippen LogP contribution in [0.4, 0.5) is 5.82 Å². The standard InChI is InChI=1S/C13H17N5O/c1-9(2)17-12(19)5-6-15-11-4-3-10-13(18-11)16-8-7-14-10/h3-4,7-9H,5-6H2,1-2H3,(H,17,19)(H,15,16,18). The summed E-state index contributed by atoms with van der Waals surface area (Å²) >= 11 is 0. The summed E-state index contributed by atoms with van der Waals surface area (Å²) in [6.07, 6.45) is 3.65. The minimum atomic E-state index is 0.0306. The highest BCUT2D eigenvalue weighted by atomic mass is 16.1. The van der Waals surface area contributed by atoms with Gasteiger partial charge >= 0.3 is 0 Å². The first-order valence-electron chi connectivity index (χ1n) is 6.26. The first kappa shape index (κ1) is 13.2. The van der Waals surface area contributed by atoms with Crippen LogP contribution in [0.25, 0.3) is 11.2 Å². The Hall–Kier alpha value is -2.24. The fraction of sp³-hybridized carbons (Fsp3) is 0.385. The number of carbonyl (C=O) groups excluding carboxylic acids is 1. The minimum absolute atomic E-state index is 0.0306. The highest BCUT2D eigenvalue weighted by Gasteiger charge is 2.03. The lowest BCUT2D eigenvalue weighted by Gasteiger charge is -2.09. The Balaban J connectivity index is 1.89. The lowest BCUT2D eigenvalue weighted by atomic mass is 10.3. The molecule has 0 saturated heterocycles. The molecule has 0 aromatic carbocycles. The molecule has 19 heavy (non-hydrogen) atoms. The van der Waals surface area contributed by atoms with Crippen LogP contribution in [0.5, 0.6) is 0 Å². The number of hydrogen-bond acceptors (Lipinski definition) is 5. The van der Waals surface area contributed by atoms with E-state index in [1.54, 1.807) is 12.4 Å². The van der Waals surface area contributed by atoms with E-state index in [0.717, 1.165) is 5.52 Å². The monoisotopic (exact) mass is 259 g/mol. The largest absolute Gasteiger partial charge is 0.369 e. The first-order chi connectivity index (χ1) is 9.15. The topological polar surface area (TPSA) is 79.8 Å². The van der Waals surface area contributed by atoms with Gasteiger partial charge < -0.3 is 10.6 Å². The maximum atomic E-state index is 11.5. The molecule has 0 aliphatic heterocycles. The summed E-state index contributed by atoms with van der Waals surface area (Å²) in [5.74, 6) is 0.730. The van der Waals surface area contributed by atoms with Crippen molar-refractivity contribution in [2.24, 2.45) is 0 Å². The predicted molar refractivity (Wildman–Crippen MR) is 73.7 cm³/mol. The van der Waals surface area contributed by atoms with Crippen molar-refractivity contribution in [1.82, 2.24) is 20.3 Å². The van der Waals surface area contributed by atoms with Crippen molar-refractivity contribution in [3.8, 4) is 0 Å². The molecule has 6 heteroatoms. The van der Waals surface area contributed by atoms with Gasteiger partial charge in [0, 0.05) is 31.4 Å². The Morgan fingerprint density at radius 3 is 2.84 bits per heavy atom. The highest BCUT2D eigenvalue weighted by molar-refractivity contribution is 5.76. The molecule has 2 heterocycles. The molecular formula is C13H17N5O. The average Bonchev–Trinajstić information content (AvgIpc) is 2.37. The highest BCUT2D eigenvalue weighted by Crippen LogP contribution is 2.09. The second-order valence-corrected chi connectivity index (χ2v) is 4.49. The molecule has 100 valence electrons. The van der Waals surface area contributed by atoms with Gasteiger partial charge in [-0.2, -0.15) is 0 Å². The van der Waals surface area contributed by atoms with Crippen LogP contribution in [-0.4, -0.2) is 33.4 Å². The Kier molecular flexibility index (Phi) is 4.22. The molecule has 0 saturated carbocycles. The van der Waals surface area contributed by atoms with Gasteiger partial charge in [-0.15, -0.1) is 0 Å². The number of hydrogen-bond donors (Lipinski definition) is 2. The van der Waals surface area contributed by atoms with Crippen LogP contribution in [0.1, 0.15) is 20.3 Å². The summed E-state index contributed by atoms with van der Waals surface area (Å²) in [4.78, 5) is 24.1. The SMILES string of the molecule is CC(C)NC(=O)CCNc1ccc2nccnc2n1. The second kappa shape index (κ2) is 6.08. The van der Waals surface area contributed by atoms with Crippen LogP contribution in [0.3, 0.4) is 0 Å². The molecule has 0 aliphatic rings. The van der Waals surface area contributed by atoms with E-state index >= 15 is 0 Å². The predicted octanol–water partition coefficient (Wildman–Crippen LogP) is 1.35. The zero-order chi connectivity index (χ0) is 13.7. The molecule has 0 unspecified atom stereocenters. The molecule has 2 aromatic rings. The Labute approximate surface area is 111 Å². The van der Waals surface area contributed by atoms with Crippen molar-refractivity contribution in [3.63, 3.8) is 0 Å². The summed E-state index contributed by atoms with van der Waals surface area (Å²) in [7, 11) is 0. The fourth-order valence-electron chi connectivity index (χ4n) is 1.65. The van der Waals surface area contributed by atoms with Gasteiger partial charge in [0.1, 0.15) is 11.3 Å². The fourth-order valence-corrected chi connectivity index (χ4v) is 1.65. The molecule has 0 fully saturated rings. The molecule has 0 radical (unpaired) electrons. The van der Waals surface area contributed by atoms with Gasteiger partial charge in [-0.05, 0) is 26.0 Å². The molecule has 0 bridgehead atoms. The van der Waals surface area contributed by atoms with E-state index < -0.39 is 0 Å². The number of pyridine rings is 1. The number of aromatic nitrogens is 3. The van der Waals surface area contributed by atoms with Crippen LogP contribution >= 0.6 is 0 Å². The van der Waals surface area contributed by atoms with E-state index in [2.05, 4.69) is 25.6 Å². The van der Waals surface area contributed by atoms with Gasteiger partial charge in [0.2, 0.25) is 5.91 Å². The number of amides is 1. The number of nitrogens with one attached hydrogen (secondary N) is 2. The third kappa shape index (κ3) is 3.87. The van der Waals surface area contributed by atoms with Crippen LogP contribution < -0.4 is 10.6 Å². The normalized spacial score (nSPS) is 10.7. The minimum Gasteiger partial charge on any atom is -0.369 e. The van der Waals surface area contributed by atoms with Crippen LogP contribution in [0.2, 0.25) is 0 Å². The zero-order valence-corrected chi connectivity index (χ0v) is 11.1. The second-order valence-electron chi connectivity index (χ2n) is 4.49. The Morgan fingerprint density at radius 1 is 1.26 bits per heavy atom. The zero-order valence-electron chi connectivity index (χ0n) is 11.1. The summed E-state index contributed by atoms with van der Waals surface area (Å²) in [6.45, 7) is 4.42. The molecule has 0 spiro atoms. The van der Waals surface area contributed by atoms with Gasteiger partial charge in [0.25, 0.3) is 0 Å². The molecule has 1 amide bonds. The number of carbonyl (C=O) groups is 1. The summed E-state index contributed by atoms with van der Waals surface area (Å²) in [6, 6.07) is 3.85. The maximum absolute atomic E-state index is 11.5. The quantitative estimate of drug-likeness (QED) is 0.847. The van der Waals surface area contributed by atoms with Crippen molar-refractivity contribution in [1.29, 1.82) is 0 Å². The molecular weight excluding hydrogens is 242 g/mol. The average molecular weight is 259 g/mol. The van der Waals surface area contributed by atoms with Gasteiger partial charge in [-0.25, -0.2) is 9.97 Å². The van der Waals surface area contributed by atoms with Crippen LogP contribution in [0, 0.1) is 0 Å². The molecule has 2 aromatic heterocycles. The van der Waals surface area contributed by atoms with Crippen molar-refractivity contribution >= 4 is 22.9 Å². The molecule has 0 aliphatic carbocycles. The molecule has 2 rings (SSSR count). The van der Waals surface area contributed by atoms with E-state index in [1.165, 1.54) is 0 Å². The maximum Gasteiger partial charge on any atom is 0.221 e. The lowest BCUT2D eigenvalue weighted by molar-refractivity contribution is -0.121. The number of fused-ring (bicyclic) bond motifs is 1. The van der Waals surface area contributed by atoms with Gasteiger partial charge in [-0.3, -0.25) is 9.78 Å². The van der Waals surface area contributed by atoms with Crippen molar-refractivity contribution in [2.75, 3.05) is 11.9 Å². The van der Waals surface area contributed by atoms with E-state index in [1.807, 2.05) is 26.0 Å². The lowest BCUT2D eigenvalue weighted by Crippen LogP contribution is -2.31. The van der Waals surface area contributed by atoms with Gasteiger partial charge in [0.05, 0.1) is 0 Å². The van der Waals surface area contributed by atoms with E-state index in [-0.39, 0.29) is 11.9 Å². The van der Waals surface area contributed by atoms with Crippen molar-refractivity contribution in [3.05, 3.63) is 24.5 Å². The summed E-state index contributed by atoms with van der Waals surface area (Å²) in [5.41, 5.74) is 1.35. The van der Waals surface area contributed by atoms with E-state index in [9.17, 15) is 4.79 Å². The first-order valence-corrected chi connectivity index (χ1v) is 6.26. The number of anilines is 1. The van der Waals surface area contributed by atoms with Gasteiger partial charge in [0.15, 0.2) is 5.65 Å². The number of rotatable bonds is 5. The van der Waals surface area contributed by atoms with Crippen molar-refractivity contribution in [2.45, 2.75) is 26.3 Å². The van der Waals surface area contributed by atoms with Crippen LogP contribution in [-0.2, 0) is 4.79 Å². The van der Waals surface area contributed by atoms with Gasteiger partial charge in [-0.1, -0.05) is 0 Å². The Bertz CT molecular complexity index is 570. The molecule has 2 N–H and O–H groups in total. The molecule has 6 nitrogen and oxygen atoms in total. The third-order valence-corrected chi connectivity index (χ3v) is 2.44. The summed E-state index contributed by atoms with van der Waals surface area (Å²) in [5, 5.41) is 5.94. The van der Waals surface area contributed by atoms with E-state index in [0.29, 0.717) is 24.4 Å². The van der Waals surface area contributed by atoms with Crippen molar-refractivity contribution < 1.29 is 4.79 Å². The van der Waals surface area contributed by atoms with Crippen LogP contribution in [0.15, 0.2) is 24.5 Å².